The monoisotopic (exact) mass is 311 g/mol. The summed E-state index contributed by atoms with van der Waals surface area (Å²) in [5.41, 5.74) is 1.05. The van der Waals surface area contributed by atoms with Crippen molar-refractivity contribution in [3.63, 3.8) is 0 Å². The highest BCUT2D eigenvalue weighted by atomic mass is 35.5. The molecule has 2 rings (SSSR count). The van der Waals surface area contributed by atoms with E-state index < -0.39 is 11.6 Å². The predicted molar refractivity (Wildman–Crippen MR) is 79.6 cm³/mol. The quantitative estimate of drug-likeness (QED) is 0.879. The second kappa shape index (κ2) is 6.87. The topological polar surface area (TPSA) is 21.3 Å². The Hall–Kier alpha value is -1.65. The van der Waals surface area contributed by atoms with Crippen LogP contribution < -0.4 is 10.1 Å². The van der Waals surface area contributed by atoms with Crippen LogP contribution in [0.4, 0.5) is 8.78 Å². The van der Waals surface area contributed by atoms with Gasteiger partial charge in [0.2, 0.25) is 0 Å². The van der Waals surface area contributed by atoms with Crippen LogP contribution in [0.2, 0.25) is 5.02 Å². The summed E-state index contributed by atoms with van der Waals surface area (Å²) in [7, 11) is 1.80. The summed E-state index contributed by atoms with van der Waals surface area (Å²) in [5.74, 6) is -0.477. The third-order valence-electron chi connectivity index (χ3n) is 3.31. The van der Waals surface area contributed by atoms with Crippen molar-refractivity contribution in [1.82, 2.24) is 5.32 Å². The van der Waals surface area contributed by atoms with Gasteiger partial charge in [0.1, 0.15) is 24.0 Å². The summed E-state index contributed by atoms with van der Waals surface area (Å²) in [6, 6.07) is 8.72. The molecule has 0 heterocycles. The molecule has 5 heteroatoms. The molecule has 0 aliphatic carbocycles. The molecule has 0 fully saturated rings. The van der Waals surface area contributed by atoms with E-state index in [9.17, 15) is 8.78 Å². The van der Waals surface area contributed by atoms with Gasteiger partial charge in [0.05, 0.1) is 5.02 Å². The molecular weight excluding hydrogens is 296 g/mol. The van der Waals surface area contributed by atoms with E-state index in [4.69, 9.17) is 16.3 Å². The SMILES string of the molecule is CNC(C)c1ccc(F)cc1OCc1c(F)cccc1Cl. The fourth-order valence-electron chi connectivity index (χ4n) is 1.97. The number of halogens is 3. The Morgan fingerprint density at radius 1 is 1.24 bits per heavy atom. The van der Waals surface area contributed by atoms with Crippen LogP contribution in [0.5, 0.6) is 5.75 Å². The number of nitrogens with one attached hydrogen (secondary N) is 1. The Labute approximate surface area is 127 Å². The van der Waals surface area contributed by atoms with Gasteiger partial charge in [-0.15, -0.1) is 0 Å². The first kappa shape index (κ1) is 15.7. The van der Waals surface area contributed by atoms with Crippen LogP contribution in [0.15, 0.2) is 36.4 Å². The molecule has 0 saturated heterocycles. The number of hydrogen-bond acceptors (Lipinski definition) is 2. The van der Waals surface area contributed by atoms with Gasteiger partial charge in [-0.1, -0.05) is 23.7 Å². The van der Waals surface area contributed by atoms with Crippen LogP contribution >= 0.6 is 11.6 Å². The second-order valence-electron chi connectivity index (χ2n) is 4.68. The average Bonchev–Trinajstić information content (AvgIpc) is 2.46. The molecule has 0 bridgehead atoms. The third kappa shape index (κ3) is 3.71. The van der Waals surface area contributed by atoms with Gasteiger partial charge in [0.15, 0.2) is 0 Å². The van der Waals surface area contributed by atoms with Crippen LogP contribution in [0.25, 0.3) is 0 Å². The third-order valence-corrected chi connectivity index (χ3v) is 3.66. The van der Waals surface area contributed by atoms with Gasteiger partial charge in [-0.3, -0.25) is 0 Å². The molecule has 2 nitrogen and oxygen atoms in total. The van der Waals surface area contributed by atoms with Crippen LogP contribution in [0.3, 0.4) is 0 Å². The normalized spacial score (nSPS) is 12.2. The van der Waals surface area contributed by atoms with Crippen molar-refractivity contribution in [1.29, 1.82) is 0 Å². The first-order valence-electron chi connectivity index (χ1n) is 6.55. The predicted octanol–water partition coefficient (Wildman–Crippen LogP) is 4.48. The molecule has 0 aromatic heterocycles. The lowest BCUT2D eigenvalue weighted by molar-refractivity contribution is 0.293. The largest absolute Gasteiger partial charge is 0.488 e. The zero-order valence-corrected chi connectivity index (χ0v) is 12.5. The fourth-order valence-corrected chi connectivity index (χ4v) is 2.18. The average molecular weight is 312 g/mol. The van der Waals surface area contributed by atoms with Crippen LogP contribution in [0, 0.1) is 11.6 Å². The molecule has 2 aromatic carbocycles. The summed E-state index contributed by atoms with van der Waals surface area (Å²) < 4.78 is 32.7. The first-order valence-corrected chi connectivity index (χ1v) is 6.93. The molecule has 0 radical (unpaired) electrons. The Bertz CT molecular complexity index is 613. The fraction of sp³-hybridized carbons (Fsp3) is 0.250. The second-order valence-corrected chi connectivity index (χ2v) is 5.09. The van der Waals surface area contributed by atoms with Gasteiger partial charge in [0, 0.05) is 23.2 Å². The van der Waals surface area contributed by atoms with Crippen molar-refractivity contribution in [2.75, 3.05) is 7.05 Å². The molecule has 0 amide bonds. The Kier molecular flexibility index (Phi) is 5.15. The van der Waals surface area contributed by atoms with E-state index in [2.05, 4.69) is 5.32 Å². The summed E-state index contributed by atoms with van der Waals surface area (Å²) in [6.07, 6.45) is 0. The molecule has 1 N–H and O–H groups in total. The summed E-state index contributed by atoms with van der Waals surface area (Å²) >= 11 is 5.95. The van der Waals surface area contributed by atoms with Crippen molar-refractivity contribution >= 4 is 11.6 Å². The molecular formula is C16H16ClF2NO. The van der Waals surface area contributed by atoms with E-state index >= 15 is 0 Å². The highest BCUT2D eigenvalue weighted by Gasteiger charge is 2.13. The lowest BCUT2D eigenvalue weighted by atomic mass is 10.1. The lowest BCUT2D eigenvalue weighted by Gasteiger charge is -2.17. The maximum Gasteiger partial charge on any atom is 0.131 e. The Morgan fingerprint density at radius 2 is 2.00 bits per heavy atom. The van der Waals surface area contributed by atoms with Crippen LogP contribution in [-0.4, -0.2) is 7.05 Å². The number of ether oxygens (including phenoxy) is 1. The summed E-state index contributed by atoms with van der Waals surface area (Å²) in [6.45, 7) is 1.87. The highest BCUT2D eigenvalue weighted by molar-refractivity contribution is 6.31. The molecule has 112 valence electrons. The van der Waals surface area contributed by atoms with Gasteiger partial charge in [-0.2, -0.15) is 0 Å². The minimum atomic E-state index is -0.442. The molecule has 0 aliphatic heterocycles. The van der Waals surface area contributed by atoms with E-state index in [0.717, 1.165) is 5.56 Å². The molecule has 0 saturated carbocycles. The summed E-state index contributed by atoms with van der Waals surface area (Å²) in [4.78, 5) is 0. The number of hydrogen-bond donors (Lipinski definition) is 1. The van der Waals surface area contributed by atoms with E-state index in [0.29, 0.717) is 5.75 Å². The van der Waals surface area contributed by atoms with E-state index in [1.807, 2.05) is 6.92 Å². The zero-order valence-electron chi connectivity index (χ0n) is 11.8. The molecule has 0 spiro atoms. The summed E-state index contributed by atoms with van der Waals surface area (Å²) in [5, 5.41) is 3.35. The Morgan fingerprint density at radius 3 is 2.67 bits per heavy atom. The van der Waals surface area contributed by atoms with Crippen molar-refractivity contribution in [2.45, 2.75) is 19.6 Å². The number of benzene rings is 2. The van der Waals surface area contributed by atoms with Gasteiger partial charge >= 0.3 is 0 Å². The van der Waals surface area contributed by atoms with Gasteiger partial charge in [-0.05, 0) is 32.2 Å². The van der Waals surface area contributed by atoms with E-state index in [-0.39, 0.29) is 23.2 Å². The van der Waals surface area contributed by atoms with Crippen molar-refractivity contribution in [3.8, 4) is 5.75 Å². The maximum absolute atomic E-state index is 13.7. The van der Waals surface area contributed by atoms with Gasteiger partial charge in [-0.25, -0.2) is 8.78 Å². The minimum Gasteiger partial charge on any atom is -0.488 e. The molecule has 0 aliphatic rings. The van der Waals surface area contributed by atoms with Gasteiger partial charge in [0.25, 0.3) is 0 Å². The number of rotatable bonds is 5. The first-order chi connectivity index (χ1) is 10.0. The zero-order chi connectivity index (χ0) is 15.4. The van der Waals surface area contributed by atoms with Crippen molar-refractivity contribution < 1.29 is 13.5 Å². The van der Waals surface area contributed by atoms with Crippen LogP contribution in [0.1, 0.15) is 24.1 Å². The lowest BCUT2D eigenvalue weighted by Crippen LogP contribution is -2.14. The molecule has 21 heavy (non-hydrogen) atoms. The maximum atomic E-state index is 13.7. The molecule has 1 unspecified atom stereocenters. The van der Waals surface area contributed by atoms with Crippen molar-refractivity contribution in [3.05, 3.63) is 64.2 Å². The highest BCUT2D eigenvalue weighted by Crippen LogP contribution is 2.28. The smallest absolute Gasteiger partial charge is 0.131 e. The standard InChI is InChI=1S/C16H16ClF2NO/c1-10(20-2)12-7-6-11(18)8-16(12)21-9-13-14(17)4-3-5-15(13)19/h3-8,10,20H,9H2,1-2H3. The minimum absolute atomic E-state index is 0.0170. The Balaban J connectivity index is 2.25. The molecule has 1 atom stereocenters. The van der Waals surface area contributed by atoms with Crippen molar-refractivity contribution in [2.24, 2.45) is 0 Å². The van der Waals surface area contributed by atoms with E-state index in [1.165, 1.54) is 24.3 Å². The van der Waals surface area contributed by atoms with E-state index in [1.54, 1.807) is 19.2 Å². The van der Waals surface area contributed by atoms with Crippen LogP contribution in [-0.2, 0) is 6.61 Å². The molecule has 2 aromatic rings. The van der Waals surface area contributed by atoms with Gasteiger partial charge < -0.3 is 10.1 Å².